The molecule has 4 rings (SSSR count). The molecule has 24 heavy (non-hydrogen) atoms. The van der Waals surface area contributed by atoms with E-state index in [0.29, 0.717) is 0 Å². The largest absolute Gasteiger partial charge is 0.369 e. The molecule has 2 heterocycles. The first kappa shape index (κ1) is 15.5. The van der Waals surface area contributed by atoms with E-state index < -0.39 is 0 Å². The van der Waals surface area contributed by atoms with Gasteiger partial charge in [-0.05, 0) is 49.9 Å². The SMILES string of the molecule is O=C(N[C@@H]1CCN(c2ccc(Cl)cc2)C1)[C@H]1CCCc2[nH]ncc21. The van der Waals surface area contributed by atoms with Gasteiger partial charge in [0, 0.05) is 41.1 Å². The molecule has 0 saturated carbocycles. The van der Waals surface area contributed by atoms with E-state index in [1.165, 1.54) is 0 Å². The number of nitrogens with zero attached hydrogens (tertiary/aromatic N) is 2. The number of benzene rings is 1. The van der Waals surface area contributed by atoms with Crippen LogP contribution in [0.5, 0.6) is 0 Å². The first-order chi connectivity index (χ1) is 11.7. The Morgan fingerprint density at radius 1 is 1.29 bits per heavy atom. The molecular weight excluding hydrogens is 324 g/mol. The van der Waals surface area contributed by atoms with E-state index in [4.69, 9.17) is 11.6 Å². The molecule has 6 heteroatoms. The van der Waals surface area contributed by atoms with Crippen molar-refractivity contribution in [3.05, 3.63) is 46.7 Å². The van der Waals surface area contributed by atoms with Gasteiger partial charge in [-0.2, -0.15) is 5.10 Å². The van der Waals surface area contributed by atoms with E-state index >= 15 is 0 Å². The van der Waals surface area contributed by atoms with Gasteiger partial charge in [0.1, 0.15) is 0 Å². The standard InChI is InChI=1S/C18H21ClN4O/c19-12-4-6-14(7-5-12)23-9-8-13(11-23)21-18(24)15-2-1-3-17-16(15)10-20-22-17/h4-7,10,13,15H,1-3,8-9,11H2,(H,20,22)(H,21,24)/t13-,15+/m1/s1. The van der Waals surface area contributed by atoms with Crippen LogP contribution < -0.4 is 10.2 Å². The molecule has 1 aliphatic carbocycles. The van der Waals surface area contributed by atoms with Gasteiger partial charge in [-0.15, -0.1) is 0 Å². The number of aromatic amines is 1. The summed E-state index contributed by atoms with van der Waals surface area (Å²) in [5, 5.41) is 11.1. The highest BCUT2D eigenvalue weighted by molar-refractivity contribution is 6.30. The quantitative estimate of drug-likeness (QED) is 0.900. The molecule has 1 aliphatic heterocycles. The van der Waals surface area contributed by atoms with Gasteiger partial charge < -0.3 is 10.2 Å². The number of carbonyl (C=O) groups excluding carboxylic acids is 1. The lowest BCUT2D eigenvalue weighted by atomic mass is 9.86. The highest BCUT2D eigenvalue weighted by Crippen LogP contribution is 2.31. The van der Waals surface area contributed by atoms with Crippen LogP contribution in [-0.2, 0) is 11.2 Å². The maximum Gasteiger partial charge on any atom is 0.227 e. The highest BCUT2D eigenvalue weighted by Gasteiger charge is 2.31. The van der Waals surface area contributed by atoms with Crippen molar-refractivity contribution in [2.75, 3.05) is 18.0 Å². The Morgan fingerprint density at radius 3 is 2.96 bits per heavy atom. The van der Waals surface area contributed by atoms with Crippen molar-refractivity contribution in [2.24, 2.45) is 0 Å². The Kier molecular flexibility index (Phi) is 4.19. The topological polar surface area (TPSA) is 61.0 Å². The summed E-state index contributed by atoms with van der Waals surface area (Å²) in [5.41, 5.74) is 3.35. The van der Waals surface area contributed by atoms with E-state index in [0.717, 1.165) is 60.7 Å². The van der Waals surface area contributed by atoms with E-state index in [-0.39, 0.29) is 17.9 Å². The van der Waals surface area contributed by atoms with Crippen LogP contribution in [0, 0.1) is 0 Å². The van der Waals surface area contributed by atoms with Crippen LogP contribution in [0.4, 0.5) is 5.69 Å². The lowest BCUT2D eigenvalue weighted by Crippen LogP contribution is -2.40. The molecule has 0 radical (unpaired) electrons. The van der Waals surface area contributed by atoms with Crippen molar-refractivity contribution in [3.8, 4) is 0 Å². The number of anilines is 1. The second-order valence-electron chi connectivity index (χ2n) is 6.67. The summed E-state index contributed by atoms with van der Waals surface area (Å²) in [4.78, 5) is 15.0. The van der Waals surface area contributed by atoms with Crippen LogP contribution in [0.3, 0.4) is 0 Å². The van der Waals surface area contributed by atoms with Crippen molar-refractivity contribution in [2.45, 2.75) is 37.6 Å². The van der Waals surface area contributed by atoms with Crippen molar-refractivity contribution in [3.63, 3.8) is 0 Å². The first-order valence-electron chi connectivity index (χ1n) is 8.54. The number of H-pyrrole nitrogens is 1. The molecule has 126 valence electrons. The number of fused-ring (bicyclic) bond motifs is 1. The Bertz CT molecular complexity index is 727. The predicted molar refractivity (Wildman–Crippen MR) is 94.5 cm³/mol. The molecule has 0 unspecified atom stereocenters. The summed E-state index contributed by atoms with van der Waals surface area (Å²) in [6.45, 7) is 1.80. The second-order valence-corrected chi connectivity index (χ2v) is 7.10. The number of aromatic nitrogens is 2. The third kappa shape index (κ3) is 3.00. The van der Waals surface area contributed by atoms with Gasteiger partial charge in [-0.3, -0.25) is 9.89 Å². The van der Waals surface area contributed by atoms with Gasteiger partial charge in [0.15, 0.2) is 0 Å². The number of aryl methyl sites for hydroxylation is 1. The Labute approximate surface area is 146 Å². The van der Waals surface area contributed by atoms with Gasteiger partial charge in [-0.1, -0.05) is 11.6 Å². The first-order valence-corrected chi connectivity index (χ1v) is 8.91. The molecule has 2 atom stereocenters. The van der Waals surface area contributed by atoms with Crippen molar-refractivity contribution in [1.82, 2.24) is 15.5 Å². The van der Waals surface area contributed by atoms with Gasteiger partial charge in [0.25, 0.3) is 0 Å². The van der Waals surface area contributed by atoms with Crippen LogP contribution in [0.2, 0.25) is 5.02 Å². The fraction of sp³-hybridized carbons (Fsp3) is 0.444. The Morgan fingerprint density at radius 2 is 2.12 bits per heavy atom. The van der Waals surface area contributed by atoms with Crippen LogP contribution in [0.1, 0.15) is 36.4 Å². The van der Waals surface area contributed by atoms with E-state index in [9.17, 15) is 4.79 Å². The minimum Gasteiger partial charge on any atom is -0.369 e. The number of hydrogen-bond acceptors (Lipinski definition) is 3. The summed E-state index contributed by atoms with van der Waals surface area (Å²) in [6, 6.07) is 8.08. The number of hydrogen-bond donors (Lipinski definition) is 2. The normalized spacial score (nSPS) is 23.1. The molecule has 0 spiro atoms. The monoisotopic (exact) mass is 344 g/mol. The molecule has 1 aromatic heterocycles. The summed E-state index contributed by atoms with van der Waals surface area (Å²) in [5.74, 6) is 0.0809. The zero-order valence-corrected chi connectivity index (χ0v) is 14.2. The molecule has 0 bridgehead atoms. The highest BCUT2D eigenvalue weighted by atomic mass is 35.5. The average molecular weight is 345 g/mol. The lowest BCUT2D eigenvalue weighted by molar-refractivity contribution is -0.123. The summed E-state index contributed by atoms with van der Waals surface area (Å²) >= 11 is 5.95. The van der Waals surface area contributed by atoms with Crippen LogP contribution in [0.25, 0.3) is 0 Å². The minimum atomic E-state index is -0.0583. The number of carbonyl (C=O) groups is 1. The molecule has 5 nitrogen and oxygen atoms in total. The van der Waals surface area contributed by atoms with Gasteiger partial charge in [-0.25, -0.2) is 0 Å². The minimum absolute atomic E-state index is 0.0583. The number of amides is 1. The zero-order chi connectivity index (χ0) is 16.5. The second kappa shape index (κ2) is 6.48. The number of halogens is 1. The molecule has 2 aromatic rings. The van der Waals surface area contributed by atoms with Crippen LogP contribution in [-0.4, -0.2) is 35.2 Å². The molecule has 1 aromatic carbocycles. The van der Waals surface area contributed by atoms with E-state index in [1.54, 1.807) is 0 Å². The van der Waals surface area contributed by atoms with Crippen LogP contribution >= 0.6 is 11.6 Å². The number of nitrogens with one attached hydrogen (secondary N) is 2. The molecule has 1 saturated heterocycles. The van der Waals surface area contributed by atoms with E-state index in [1.807, 2.05) is 30.5 Å². The summed E-state index contributed by atoms with van der Waals surface area (Å²) in [6.07, 6.45) is 5.72. The lowest BCUT2D eigenvalue weighted by Gasteiger charge is -2.24. The van der Waals surface area contributed by atoms with Gasteiger partial charge >= 0.3 is 0 Å². The zero-order valence-electron chi connectivity index (χ0n) is 13.5. The van der Waals surface area contributed by atoms with Crippen molar-refractivity contribution < 1.29 is 4.79 Å². The molecular formula is C18H21ClN4O. The summed E-state index contributed by atoms with van der Waals surface area (Å²) < 4.78 is 0. The fourth-order valence-corrected chi connectivity index (χ4v) is 3.93. The Balaban J connectivity index is 1.39. The van der Waals surface area contributed by atoms with Crippen molar-refractivity contribution >= 4 is 23.2 Å². The molecule has 1 fully saturated rings. The average Bonchev–Trinajstić information content (AvgIpc) is 3.24. The maximum absolute atomic E-state index is 12.7. The van der Waals surface area contributed by atoms with Gasteiger partial charge in [0.2, 0.25) is 5.91 Å². The van der Waals surface area contributed by atoms with Crippen molar-refractivity contribution in [1.29, 1.82) is 0 Å². The predicted octanol–water partition coefficient (Wildman–Crippen LogP) is 2.88. The Hall–Kier alpha value is -2.01. The third-order valence-corrected chi connectivity index (χ3v) is 5.34. The summed E-state index contributed by atoms with van der Waals surface area (Å²) in [7, 11) is 0. The fourth-order valence-electron chi connectivity index (χ4n) is 3.80. The maximum atomic E-state index is 12.7. The van der Waals surface area contributed by atoms with E-state index in [2.05, 4.69) is 20.4 Å². The molecule has 2 aliphatic rings. The van der Waals surface area contributed by atoms with Gasteiger partial charge in [0.05, 0.1) is 12.1 Å². The molecule has 1 amide bonds. The van der Waals surface area contributed by atoms with Crippen LogP contribution in [0.15, 0.2) is 30.5 Å². The third-order valence-electron chi connectivity index (χ3n) is 5.09. The number of rotatable bonds is 3. The molecule has 2 N–H and O–H groups in total. The smallest absolute Gasteiger partial charge is 0.227 e.